The molecule has 0 radical (unpaired) electrons. The van der Waals surface area contributed by atoms with Crippen molar-refractivity contribution in [1.29, 1.82) is 0 Å². The second kappa shape index (κ2) is 11.3. The summed E-state index contributed by atoms with van der Waals surface area (Å²) in [7, 11) is 0. The third-order valence-electron chi connectivity index (χ3n) is 8.18. The van der Waals surface area contributed by atoms with Crippen LogP contribution in [0.4, 0.5) is 42.5 Å². The number of likely N-dealkylation sites (tertiary alicyclic amines) is 2. The van der Waals surface area contributed by atoms with Crippen molar-refractivity contribution in [3.8, 4) is 0 Å². The molecule has 3 aliphatic heterocycles. The molecule has 0 unspecified atom stereocenters. The van der Waals surface area contributed by atoms with Gasteiger partial charge >= 0.3 is 24.4 Å². The number of amides is 1. The molecule has 8 nitrogen and oxygen atoms in total. The first kappa shape index (κ1) is 29.8. The molecule has 220 valence electrons. The van der Waals surface area contributed by atoms with Gasteiger partial charge in [-0.25, -0.2) is 9.64 Å². The Labute approximate surface area is 227 Å². The number of nitrogens with zero attached hydrogens (tertiary/aromatic N) is 4. The van der Waals surface area contributed by atoms with Crippen LogP contribution in [0.25, 0.3) is 4.85 Å². The van der Waals surface area contributed by atoms with Gasteiger partial charge < -0.3 is 19.6 Å². The van der Waals surface area contributed by atoms with E-state index in [0.29, 0.717) is 51.0 Å². The third kappa shape index (κ3) is 6.56. The molecular formula is C26H30F6N4O4. The van der Waals surface area contributed by atoms with E-state index in [1.165, 1.54) is 0 Å². The van der Waals surface area contributed by atoms with Gasteiger partial charge in [0.15, 0.2) is 5.69 Å². The van der Waals surface area contributed by atoms with E-state index >= 15 is 0 Å². The molecule has 1 spiro atoms. The molecule has 40 heavy (non-hydrogen) atoms. The minimum atomic E-state index is -5.77. The molecule has 0 aromatic heterocycles. The molecule has 4 rings (SSSR count). The summed E-state index contributed by atoms with van der Waals surface area (Å²) in [6.45, 7) is 9.76. The molecule has 0 aliphatic carbocycles. The number of carbonyl (C=O) groups is 2. The van der Waals surface area contributed by atoms with Crippen molar-refractivity contribution in [2.24, 2.45) is 5.92 Å². The maximum atomic E-state index is 12.8. The molecule has 1 aromatic rings. The lowest BCUT2D eigenvalue weighted by atomic mass is 9.85. The fraction of sp³-hybridized carbons (Fsp3) is 0.654. The monoisotopic (exact) mass is 576 g/mol. The summed E-state index contributed by atoms with van der Waals surface area (Å²) in [5.41, 5.74) is 1.79. The van der Waals surface area contributed by atoms with Gasteiger partial charge in [-0.3, -0.25) is 9.69 Å². The van der Waals surface area contributed by atoms with Gasteiger partial charge in [-0.2, -0.15) is 26.3 Å². The van der Waals surface area contributed by atoms with Crippen LogP contribution in [0.1, 0.15) is 44.1 Å². The highest BCUT2D eigenvalue weighted by Crippen LogP contribution is 2.41. The Kier molecular flexibility index (Phi) is 8.44. The number of hydrogen-bond donors (Lipinski definition) is 1. The molecule has 0 bridgehead atoms. The number of piperidine rings is 2. The lowest BCUT2D eigenvalue weighted by Gasteiger charge is -2.45. The number of hydrogen-bond acceptors (Lipinski definition) is 5. The maximum Gasteiger partial charge on any atom is 0.434 e. The van der Waals surface area contributed by atoms with Crippen LogP contribution in [0.5, 0.6) is 0 Å². The number of carboxylic acids is 1. The van der Waals surface area contributed by atoms with Crippen LogP contribution >= 0.6 is 0 Å². The SMILES string of the molecule is [C-]#[N+]c1cc(CN2CCCC23CCN(C(=O)OC(C(F)(F)F)C(F)(F)F)CC3)cc(N2CCC(C(=O)O)CC2)c1. The zero-order valence-electron chi connectivity index (χ0n) is 21.6. The van der Waals surface area contributed by atoms with Crippen LogP contribution in [0.2, 0.25) is 0 Å². The topological polar surface area (TPSA) is 77.7 Å². The van der Waals surface area contributed by atoms with Crippen LogP contribution in [0, 0.1) is 12.5 Å². The van der Waals surface area contributed by atoms with Crippen molar-refractivity contribution in [3.05, 3.63) is 35.2 Å². The lowest BCUT2D eigenvalue weighted by Crippen LogP contribution is -2.54. The molecule has 0 saturated carbocycles. The number of carbonyl (C=O) groups excluding carboxylic acids is 1. The summed E-state index contributed by atoms with van der Waals surface area (Å²) in [5, 5.41) is 9.27. The van der Waals surface area contributed by atoms with Gasteiger partial charge in [0.2, 0.25) is 0 Å². The predicted molar refractivity (Wildman–Crippen MR) is 131 cm³/mol. The Balaban J connectivity index is 1.41. The number of ether oxygens (including phenoxy) is 1. The van der Waals surface area contributed by atoms with Crippen molar-refractivity contribution in [2.75, 3.05) is 37.6 Å². The van der Waals surface area contributed by atoms with Crippen LogP contribution in [-0.4, -0.2) is 83.7 Å². The predicted octanol–water partition coefficient (Wildman–Crippen LogP) is 5.60. The third-order valence-corrected chi connectivity index (χ3v) is 8.18. The van der Waals surface area contributed by atoms with Crippen molar-refractivity contribution in [3.63, 3.8) is 0 Å². The number of alkyl halides is 6. The molecule has 1 amide bonds. The molecule has 3 aliphatic rings. The molecule has 1 N–H and O–H groups in total. The second-order valence-electron chi connectivity index (χ2n) is 10.7. The standard InChI is InChI=1S/C26H30F6N4O4/c1-33-19-13-17(14-20(15-19)34-9-3-18(4-10-34)21(37)38)16-36-8-2-5-24(36)6-11-35(12-7-24)23(39)40-22(25(27,28)29)26(30,31)32/h13-15,18,22H,2-12,16H2,(H,37,38). The lowest BCUT2D eigenvalue weighted by molar-refractivity contribution is -0.308. The van der Waals surface area contributed by atoms with E-state index in [1.54, 1.807) is 12.1 Å². The zero-order chi connectivity index (χ0) is 29.3. The Morgan fingerprint density at radius 3 is 2.17 bits per heavy atom. The van der Waals surface area contributed by atoms with Crippen molar-refractivity contribution in [1.82, 2.24) is 9.80 Å². The Morgan fingerprint density at radius 1 is 1.00 bits per heavy atom. The maximum absolute atomic E-state index is 12.8. The van der Waals surface area contributed by atoms with Crippen molar-refractivity contribution in [2.45, 2.75) is 69.1 Å². The number of carboxylic acid groups (broad SMARTS) is 1. The molecule has 0 atom stereocenters. The van der Waals surface area contributed by atoms with Crippen LogP contribution in [0.15, 0.2) is 18.2 Å². The molecule has 1 aromatic carbocycles. The zero-order valence-corrected chi connectivity index (χ0v) is 21.6. The number of benzene rings is 1. The molecule has 3 saturated heterocycles. The van der Waals surface area contributed by atoms with Gasteiger partial charge in [-0.15, -0.1) is 0 Å². The first-order valence-electron chi connectivity index (χ1n) is 13.0. The number of halogens is 6. The number of anilines is 1. The van der Waals surface area contributed by atoms with E-state index in [9.17, 15) is 41.0 Å². The molecule has 3 fully saturated rings. The summed E-state index contributed by atoms with van der Waals surface area (Å²) >= 11 is 0. The summed E-state index contributed by atoms with van der Waals surface area (Å²) in [5.74, 6) is -1.20. The van der Waals surface area contributed by atoms with E-state index in [0.717, 1.165) is 35.5 Å². The Bertz CT molecular complexity index is 1120. The van der Waals surface area contributed by atoms with Gasteiger partial charge in [-0.05, 0) is 62.8 Å². The second-order valence-corrected chi connectivity index (χ2v) is 10.7. The van der Waals surface area contributed by atoms with Crippen molar-refractivity contribution >= 4 is 23.4 Å². The van der Waals surface area contributed by atoms with Gasteiger partial charge in [0.25, 0.3) is 6.10 Å². The summed E-state index contributed by atoms with van der Waals surface area (Å²) in [6, 6.07) is 5.53. The van der Waals surface area contributed by atoms with E-state index in [-0.39, 0.29) is 24.5 Å². The van der Waals surface area contributed by atoms with E-state index < -0.39 is 30.5 Å². The molecular weight excluding hydrogens is 546 g/mol. The number of rotatable bonds is 5. The van der Waals surface area contributed by atoms with Crippen LogP contribution in [0.3, 0.4) is 0 Å². The normalized spacial score (nSPS) is 20.6. The Morgan fingerprint density at radius 2 is 1.62 bits per heavy atom. The van der Waals surface area contributed by atoms with Gasteiger partial charge in [0, 0.05) is 44.0 Å². The summed E-state index contributed by atoms with van der Waals surface area (Å²) in [6.07, 6.45) is -14.0. The fourth-order valence-electron chi connectivity index (χ4n) is 6.01. The average molecular weight is 577 g/mol. The minimum Gasteiger partial charge on any atom is -0.481 e. The quantitative estimate of drug-likeness (QED) is 0.364. The first-order chi connectivity index (χ1) is 18.7. The van der Waals surface area contributed by atoms with Crippen molar-refractivity contribution < 1.29 is 45.8 Å². The average Bonchev–Trinajstić information content (AvgIpc) is 3.26. The first-order valence-corrected chi connectivity index (χ1v) is 13.0. The Hall–Kier alpha value is -3.21. The van der Waals surface area contributed by atoms with Crippen LogP contribution < -0.4 is 4.90 Å². The van der Waals surface area contributed by atoms with Crippen LogP contribution in [-0.2, 0) is 16.1 Å². The largest absolute Gasteiger partial charge is 0.481 e. The summed E-state index contributed by atoms with van der Waals surface area (Å²) in [4.78, 5) is 32.3. The van der Waals surface area contributed by atoms with E-state index in [1.807, 2.05) is 6.07 Å². The highest BCUT2D eigenvalue weighted by atomic mass is 19.4. The molecule has 3 heterocycles. The van der Waals surface area contributed by atoms with E-state index in [4.69, 9.17) is 6.57 Å². The smallest absolute Gasteiger partial charge is 0.434 e. The van der Waals surface area contributed by atoms with Gasteiger partial charge in [-0.1, -0.05) is 6.07 Å². The highest BCUT2D eigenvalue weighted by Gasteiger charge is 2.60. The minimum absolute atomic E-state index is 0.0381. The van der Waals surface area contributed by atoms with E-state index in [2.05, 4.69) is 19.4 Å². The molecule has 14 heteroatoms. The highest BCUT2D eigenvalue weighted by molar-refractivity contribution is 5.71. The number of aliphatic carboxylic acids is 1. The van der Waals surface area contributed by atoms with Gasteiger partial charge in [0.1, 0.15) is 0 Å². The fourth-order valence-corrected chi connectivity index (χ4v) is 6.01. The summed E-state index contributed by atoms with van der Waals surface area (Å²) < 4.78 is 80.8. The van der Waals surface area contributed by atoms with Gasteiger partial charge in [0.05, 0.1) is 12.5 Å².